The monoisotopic (exact) mass is 322 g/mol. The second-order valence-corrected chi connectivity index (χ2v) is 5.09. The molecule has 0 bridgehead atoms. The van der Waals surface area contributed by atoms with Gasteiger partial charge >= 0.3 is 0 Å². The SMILES string of the molecule is CCNC(=S)Nc1nc(OC)cc(Sc2ncccn2)n1. The van der Waals surface area contributed by atoms with Gasteiger partial charge < -0.3 is 15.4 Å². The lowest BCUT2D eigenvalue weighted by Crippen LogP contribution is -2.28. The molecule has 2 aromatic heterocycles. The molecule has 0 spiro atoms. The van der Waals surface area contributed by atoms with Gasteiger partial charge in [0.25, 0.3) is 0 Å². The lowest BCUT2D eigenvalue weighted by Gasteiger charge is -2.09. The summed E-state index contributed by atoms with van der Waals surface area (Å²) in [5.74, 6) is 0.795. The van der Waals surface area contributed by atoms with E-state index in [2.05, 4.69) is 30.6 Å². The molecule has 2 heterocycles. The molecule has 2 aromatic rings. The molecule has 0 saturated carbocycles. The van der Waals surface area contributed by atoms with E-state index in [0.717, 1.165) is 6.54 Å². The first kappa shape index (κ1) is 15.4. The van der Waals surface area contributed by atoms with Gasteiger partial charge in [0.05, 0.1) is 7.11 Å². The highest BCUT2D eigenvalue weighted by Crippen LogP contribution is 2.25. The van der Waals surface area contributed by atoms with Crippen molar-refractivity contribution in [3.8, 4) is 5.88 Å². The zero-order valence-electron chi connectivity index (χ0n) is 11.5. The maximum Gasteiger partial charge on any atom is 0.233 e. The maximum absolute atomic E-state index is 5.17. The van der Waals surface area contributed by atoms with Crippen molar-refractivity contribution in [2.75, 3.05) is 19.0 Å². The number of aromatic nitrogens is 4. The van der Waals surface area contributed by atoms with Crippen LogP contribution in [0.3, 0.4) is 0 Å². The fourth-order valence-corrected chi connectivity index (χ4v) is 2.30. The smallest absolute Gasteiger partial charge is 0.233 e. The molecule has 0 amide bonds. The van der Waals surface area contributed by atoms with Gasteiger partial charge in [0, 0.05) is 25.0 Å². The van der Waals surface area contributed by atoms with Crippen LogP contribution in [0.25, 0.3) is 0 Å². The minimum absolute atomic E-state index is 0.360. The number of methoxy groups -OCH3 is 1. The minimum atomic E-state index is 0.360. The van der Waals surface area contributed by atoms with Crippen LogP contribution in [0, 0.1) is 0 Å². The molecule has 0 aliphatic rings. The van der Waals surface area contributed by atoms with Crippen molar-refractivity contribution in [1.82, 2.24) is 25.3 Å². The minimum Gasteiger partial charge on any atom is -0.481 e. The van der Waals surface area contributed by atoms with Crippen molar-refractivity contribution in [2.24, 2.45) is 0 Å². The van der Waals surface area contributed by atoms with E-state index in [9.17, 15) is 0 Å². The molecule has 0 aliphatic heterocycles. The first-order chi connectivity index (χ1) is 10.2. The Morgan fingerprint density at radius 2 is 2.10 bits per heavy atom. The Balaban J connectivity index is 2.19. The van der Waals surface area contributed by atoms with Crippen molar-refractivity contribution in [1.29, 1.82) is 0 Å². The summed E-state index contributed by atoms with van der Waals surface area (Å²) in [6.45, 7) is 2.67. The number of nitrogens with zero attached hydrogens (tertiary/aromatic N) is 4. The van der Waals surface area contributed by atoms with E-state index in [1.54, 1.807) is 31.6 Å². The van der Waals surface area contributed by atoms with E-state index >= 15 is 0 Å². The first-order valence-electron chi connectivity index (χ1n) is 6.14. The molecule has 2 N–H and O–H groups in total. The summed E-state index contributed by atoms with van der Waals surface area (Å²) in [5, 5.41) is 7.59. The Labute approximate surface area is 132 Å². The fraction of sp³-hybridized carbons (Fsp3) is 0.250. The number of hydrogen-bond donors (Lipinski definition) is 2. The largest absolute Gasteiger partial charge is 0.481 e. The molecule has 9 heteroatoms. The summed E-state index contributed by atoms with van der Waals surface area (Å²) >= 11 is 6.43. The molecular formula is C12H14N6OS2. The maximum atomic E-state index is 5.17. The average Bonchev–Trinajstić information content (AvgIpc) is 2.48. The molecule has 0 unspecified atom stereocenters. The number of hydrogen-bond acceptors (Lipinski definition) is 7. The summed E-state index contributed by atoms with van der Waals surface area (Å²) in [4.78, 5) is 16.8. The van der Waals surface area contributed by atoms with Crippen LogP contribution in [0.2, 0.25) is 0 Å². The van der Waals surface area contributed by atoms with Crippen LogP contribution < -0.4 is 15.4 Å². The summed E-state index contributed by atoms with van der Waals surface area (Å²) in [6.07, 6.45) is 3.35. The molecule has 7 nitrogen and oxygen atoms in total. The summed E-state index contributed by atoms with van der Waals surface area (Å²) in [5.41, 5.74) is 0. The lowest BCUT2D eigenvalue weighted by molar-refractivity contribution is 0.396. The van der Waals surface area contributed by atoms with Gasteiger partial charge in [-0.1, -0.05) is 0 Å². The standard InChI is InChI=1S/C12H14N6OS2/c1-3-13-11(20)18-10-16-8(19-2)7-9(17-10)21-12-14-5-4-6-15-12/h4-7H,3H2,1-2H3,(H2,13,16,17,18,20). The zero-order valence-corrected chi connectivity index (χ0v) is 13.2. The van der Waals surface area contributed by atoms with Gasteiger partial charge in [-0.3, -0.25) is 0 Å². The molecule has 0 radical (unpaired) electrons. The van der Waals surface area contributed by atoms with Gasteiger partial charge in [-0.05, 0) is 37.0 Å². The zero-order chi connectivity index (χ0) is 15.1. The highest BCUT2D eigenvalue weighted by atomic mass is 32.2. The van der Waals surface area contributed by atoms with E-state index in [1.807, 2.05) is 6.92 Å². The van der Waals surface area contributed by atoms with E-state index in [-0.39, 0.29) is 0 Å². The molecule has 110 valence electrons. The number of ether oxygens (including phenoxy) is 1. The van der Waals surface area contributed by atoms with Crippen LogP contribution >= 0.6 is 24.0 Å². The van der Waals surface area contributed by atoms with Crippen LogP contribution in [0.1, 0.15) is 6.92 Å². The molecular weight excluding hydrogens is 308 g/mol. The van der Waals surface area contributed by atoms with Crippen molar-refractivity contribution in [2.45, 2.75) is 17.1 Å². The van der Waals surface area contributed by atoms with E-state index in [1.165, 1.54) is 11.8 Å². The Bertz CT molecular complexity index is 610. The van der Waals surface area contributed by atoms with Crippen molar-refractivity contribution < 1.29 is 4.74 Å². The Morgan fingerprint density at radius 3 is 2.76 bits per heavy atom. The third kappa shape index (κ3) is 4.80. The van der Waals surface area contributed by atoms with Crippen molar-refractivity contribution in [3.63, 3.8) is 0 Å². The second-order valence-electron chi connectivity index (χ2n) is 3.69. The normalized spacial score (nSPS) is 10.0. The third-order valence-electron chi connectivity index (χ3n) is 2.19. The molecule has 2 rings (SSSR count). The topological polar surface area (TPSA) is 84.9 Å². The fourth-order valence-electron chi connectivity index (χ4n) is 1.35. The van der Waals surface area contributed by atoms with E-state index in [4.69, 9.17) is 17.0 Å². The van der Waals surface area contributed by atoms with E-state index in [0.29, 0.717) is 27.1 Å². The number of rotatable bonds is 5. The molecule has 0 saturated heterocycles. The molecule has 0 aromatic carbocycles. The van der Waals surface area contributed by atoms with E-state index < -0.39 is 0 Å². The molecule has 0 atom stereocenters. The van der Waals surface area contributed by atoms with Crippen LogP contribution in [-0.4, -0.2) is 38.7 Å². The van der Waals surface area contributed by atoms with Crippen molar-refractivity contribution >= 4 is 35.0 Å². The van der Waals surface area contributed by atoms with Gasteiger partial charge in [-0.2, -0.15) is 4.98 Å². The Morgan fingerprint density at radius 1 is 1.33 bits per heavy atom. The lowest BCUT2D eigenvalue weighted by atomic mass is 10.6. The summed E-state index contributed by atoms with van der Waals surface area (Å²) < 4.78 is 5.17. The predicted molar refractivity (Wildman–Crippen MR) is 84.6 cm³/mol. The number of nitrogens with one attached hydrogen (secondary N) is 2. The first-order valence-corrected chi connectivity index (χ1v) is 7.36. The van der Waals surface area contributed by atoms with Crippen LogP contribution in [0.4, 0.5) is 5.95 Å². The average molecular weight is 322 g/mol. The molecule has 0 fully saturated rings. The highest BCUT2D eigenvalue weighted by molar-refractivity contribution is 7.99. The molecule has 21 heavy (non-hydrogen) atoms. The third-order valence-corrected chi connectivity index (χ3v) is 3.25. The van der Waals surface area contributed by atoms with Gasteiger partial charge in [0.15, 0.2) is 10.3 Å². The Kier molecular flexibility index (Phi) is 5.64. The summed E-state index contributed by atoms with van der Waals surface area (Å²) in [7, 11) is 1.54. The van der Waals surface area contributed by atoms with Crippen LogP contribution in [0.5, 0.6) is 5.88 Å². The van der Waals surface area contributed by atoms with Gasteiger partial charge in [0.2, 0.25) is 11.8 Å². The number of thiocarbonyl (C=S) groups is 1. The molecule has 0 aliphatic carbocycles. The summed E-state index contributed by atoms with van der Waals surface area (Å²) in [6, 6.07) is 3.47. The van der Waals surface area contributed by atoms with Gasteiger partial charge in [0.1, 0.15) is 5.03 Å². The number of anilines is 1. The highest BCUT2D eigenvalue weighted by Gasteiger charge is 2.09. The van der Waals surface area contributed by atoms with Crippen molar-refractivity contribution in [3.05, 3.63) is 24.5 Å². The van der Waals surface area contributed by atoms with Crippen LogP contribution in [0.15, 0.2) is 34.7 Å². The Hall–Kier alpha value is -2.00. The quantitative estimate of drug-likeness (QED) is 0.485. The predicted octanol–water partition coefficient (Wildman–Crippen LogP) is 1.73. The van der Waals surface area contributed by atoms with Gasteiger partial charge in [-0.25, -0.2) is 15.0 Å². The second kappa shape index (κ2) is 7.70. The van der Waals surface area contributed by atoms with Crippen LogP contribution in [-0.2, 0) is 0 Å². The van der Waals surface area contributed by atoms with Gasteiger partial charge in [-0.15, -0.1) is 0 Å².